The Hall–Kier alpha value is -3.69. The van der Waals surface area contributed by atoms with E-state index in [1.54, 1.807) is 0 Å². The molecule has 10 heteroatoms. The summed E-state index contributed by atoms with van der Waals surface area (Å²) in [5.41, 5.74) is -0.640. The Morgan fingerprint density at radius 2 is 1.88 bits per heavy atom. The van der Waals surface area contributed by atoms with Crippen LogP contribution in [0.3, 0.4) is 0 Å². The maximum atomic E-state index is 12.4. The lowest BCUT2D eigenvalue weighted by molar-refractivity contribution is -0.385. The molecule has 0 spiro atoms. The molecule has 1 aromatic rings. The fourth-order valence-corrected chi connectivity index (χ4v) is 2.31. The summed E-state index contributed by atoms with van der Waals surface area (Å²) in [6.07, 6.45) is 2.44. The topological polar surface area (TPSA) is 128 Å². The highest BCUT2D eigenvalue weighted by Crippen LogP contribution is 2.35. The van der Waals surface area contributed by atoms with Crippen LogP contribution in [0.15, 0.2) is 30.4 Å². The molecule has 0 atom stereocenters. The first-order chi connectivity index (χ1) is 12.3. The second-order valence-electron chi connectivity index (χ2n) is 5.04. The van der Waals surface area contributed by atoms with Crippen LogP contribution in [0.4, 0.5) is 10.5 Å². The van der Waals surface area contributed by atoms with Gasteiger partial charge < -0.3 is 9.47 Å². The zero-order valence-electron chi connectivity index (χ0n) is 14.0. The van der Waals surface area contributed by atoms with Crippen molar-refractivity contribution >= 4 is 29.6 Å². The first-order valence-electron chi connectivity index (χ1n) is 7.24. The molecule has 4 amide bonds. The van der Waals surface area contributed by atoms with Crippen LogP contribution in [0.5, 0.6) is 11.5 Å². The Balaban J connectivity index is 2.59. The number of ether oxygens (including phenoxy) is 2. The average Bonchev–Trinajstić information content (AvgIpc) is 2.61. The van der Waals surface area contributed by atoms with Crippen molar-refractivity contribution in [2.45, 2.75) is 0 Å². The summed E-state index contributed by atoms with van der Waals surface area (Å²) in [4.78, 5) is 47.5. The van der Waals surface area contributed by atoms with Gasteiger partial charge in [0.2, 0.25) is 5.75 Å². The number of urea groups is 1. The third kappa shape index (κ3) is 3.38. The van der Waals surface area contributed by atoms with Crippen LogP contribution in [0, 0.1) is 10.1 Å². The monoisotopic (exact) mass is 361 g/mol. The number of methoxy groups -OCH3 is 2. The lowest BCUT2D eigenvalue weighted by Gasteiger charge is -2.25. The number of nitro groups is 1. The van der Waals surface area contributed by atoms with Crippen molar-refractivity contribution in [3.63, 3.8) is 0 Å². The molecule has 0 radical (unpaired) electrons. The van der Waals surface area contributed by atoms with Gasteiger partial charge in [-0.1, -0.05) is 6.08 Å². The molecule has 0 unspecified atom stereocenters. The predicted octanol–water partition coefficient (Wildman–Crippen LogP) is 1.26. The number of nitrogens with zero attached hydrogens (tertiary/aromatic N) is 2. The van der Waals surface area contributed by atoms with Gasteiger partial charge in [0.15, 0.2) is 0 Å². The van der Waals surface area contributed by atoms with E-state index in [0.717, 1.165) is 17.0 Å². The van der Waals surface area contributed by atoms with Crippen molar-refractivity contribution in [1.29, 1.82) is 0 Å². The number of carbonyl (C=O) groups excluding carboxylic acids is 3. The van der Waals surface area contributed by atoms with Gasteiger partial charge in [0.05, 0.1) is 19.1 Å². The summed E-state index contributed by atoms with van der Waals surface area (Å²) in [5.74, 6) is -1.66. The minimum atomic E-state index is -0.916. The first-order valence-corrected chi connectivity index (χ1v) is 7.24. The van der Waals surface area contributed by atoms with Crippen LogP contribution in [0.1, 0.15) is 5.56 Å². The Morgan fingerprint density at radius 3 is 2.42 bits per heavy atom. The maximum absolute atomic E-state index is 12.4. The second kappa shape index (κ2) is 7.47. The smallest absolute Gasteiger partial charge is 0.331 e. The molecule has 1 N–H and O–H groups in total. The van der Waals surface area contributed by atoms with E-state index in [-0.39, 0.29) is 34.9 Å². The fraction of sp³-hybridized carbons (Fsp3) is 0.188. The van der Waals surface area contributed by atoms with E-state index in [1.807, 2.05) is 5.32 Å². The number of rotatable bonds is 6. The molecule has 1 saturated heterocycles. The van der Waals surface area contributed by atoms with E-state index in [2.05, 4.69) is 6.58 Å². The highest BCUT2D eigenvalue weighted by molar-refractivity contribution is 6.31. The molecule has 0 aromatic heterocycles. The second-order valence-corrected chi connectivity index (χ2v) is 5.04. The van der Waals surface area contributed by atoms with Gasteiger partial charge >= 0.3 is 11.7 Å². The molecule has 2 rings (SSSR count). The molecule has 0 bridgehead atoms. The Kier molecular flexibility index (Phi) is 5.36. The normalized spacial score (nSPS) is 15.7. The molecule has 1 aliphatic rings. The Bertz CT molecular complexity index is 844. The van der Waals surface area contributed by atoms with Gasteiger partial charge in [-0.3, -0.25) is 29.9 Å². The highest BCUT2D eigenvalue weighted by Gasteiger charge is 2.35. The van der Waals surface area contributed by atoms with Crippen molar-refractivity contribution in [2.24, 2.45) is 0 Å². The largest absolute Gasteiger partial charge is 0.496 e. The predicted molar refractivity (Wildman–Crippen MR) is 89.6 cm³/mol. The number of hydrogen-bond acceptors (Lipinski definition) is 7. The van der Waals surface area contributed by atoms with Crippen LogP contribution in [-0.2, 0) is 9.59 Å². The summed E-state index contributed by atoms with van der Waals surface area (Å²) in [7, 11) is 2.58. The lowest BCUT2D eigenvalue weighted by Crippen LogP contribution is -2.54. The van der Waals surface area contributed by atoms with Gasteiger partial charge in [0.25, 0.3) is 11.8 Å². The molecule has 1 heterocycles. The summed E-state index contributed by atoms with van der Waals surface area (Å²) in [5, 5.41) is 13.2. The molecule has 10 nitrogen and oxygen atoms in total. The van der Waals surface area contributed by atoms with Crippen LogP contribution < -0.4 is 14.8 Å². The van der Waals surface area contributed by atoms with E-state index in [1.165, 1.54) is 26.4 Å². The van der Waals surface area contributed by atoms with E-state index in [9.17, 15) is 24.5 Å². The van der Waals surface area contributed by atoms with Gasteiger partial charge in [-0.05, 0) is 6.08 Å². The van der Waals surface area contributed by atoms with E-state index in [4.69, 9.17) is 9.47 Å². The lowest BCUT2D eigenvalue weighted by atomic mass is 10.1. The van der Waals surface area contributed by atoms with E-state index >= 15 is 0 Å². The molecule has 1 aliphatic heterocycles. The van der Waals surface area contributed by atoms with Gasteiger partial charge in [-0.15, -0.1) is 6.58 Å². The quantitative estimate of drug-likeness (QED) is 0.265. The van der Waals surface area contributed by atoms with Crippen molar-refractivity contribution in [1.82, 2.24) is 10.2 Å². The standard InChI is InChI=1S/C16H15N3O7/c1-4-5-18-15(21)10(14(20)17-16(18)22)6-9-7-11(19(23)24)13(26-3)8-12(9)25-2/h4,6-8H,1,5H2,2-3H3,(H,17,20,22). The molecular formula is C16H15N3O7. The number of imide groups is 2. The Morgan fingerprint density at radius 1 is 1.23 bits per heavy atom. The van der Waals surface area contributed by atoms with Crippen LogP contribution >= 0.6 is 0 Å². The first kappa shape index (κ1) is 18.6. The maximum Gasteiger partial charge on any atom is 0.331 e. The summed E-state index contributed by atoms with van der Waals surface area (Å²) >= 11 is 0. The van der Waals surface area contributed by atoms with Crippen LogP contribution in [-0.4, -0.2) is 48.4 Å². The molecule has 0 saturated carbocycles. The minimum Gasteiger partial charge on any atom is -0.496 e. The zero-order valence-corrected chi connectivity index (χ0v) is 14.0. The number of carbonyl (C=O) groups is 3. The molecular weight excluding hydrogens is 346 g/mol. The number of nitro benzene ring substituents is 1. The number of barbiturate groups is 1. The molecule has 0 aliphatic carbocycles. The van der Waals surface area contributed by atoms with Crippen LogP contribution in [0.2, 0.25) is 0 Å². The van der Waals surface area contributed by atoms with Crippen molar-refractivity contribution < 1.29 is 28.8 Å². The Labute approximate surface area is 147 Å². The molecule has 1 fully saturated rings. The van der Waals surface area contributed by atoms with Crippen molar-refractivity contribution in [3.05, 3.63) is 46.0 Å². The average molecular weight is 361 g/mol. The van der Waals surface area contributed by atoms with Crippen molar-refractivity contribution in [3.8, 4) is 11.5 Å². The molecule has 26 heavy (non-hydrogen) atoms. The van der Waals surface area contributed by atoms with Crippen molar-refractivity contribution in [2.75, 3.05) is 20.8 Å². The van der Waals surface area contributed by atoms with E-state index < -0.39 is 22.8 Å². The third-order valence-corrected chi connectivity index (χ3v) is 3.53. The molecule has 136 valence electrons. The summed E-state index contributed by atoms with van der Waals surface area (Å²) in [6, 6.07) is 1.51. The number of benzene rings is 1. The van der Waals surface area contributed by atoms with Gasteiger partial charge in [-0.25, -0.2) is 4.79 Å². The fourth-order valence-electron chi connectivity index (χ4n) is 2.31. The SMILES string of the molecule is C=CCN1C(=O)NC(=O)C(=Cc2cc([N+](=O)[O-])c(OC)cc2OC)C1=O. The van der Waals surface area contributed by atoms with Gasteiger partial charge in [0, 0.05) is 24.2 Å². The number of amides is 4. The summed E-state index contributed by atoms with van der Waals surface area (Å²) in [6.45, 7) is 3.34. The minimum absolute atomic E-state index is 0.0446. The molecule has 1 aromatic carbocycles. The number of nitrogens with one attached hydrogen (secondary N) is 1. The van der Waals surface area contributed by atoms with E-state index in [0.29, 0.717) is 0 Å². The third-order valence-electron chi connectivity index (χ3n) is 3.53. The van der Waals surface area contributed by atoms with Gasteiger partial charge in [0.1, 0.15) is 11.3 Å². The van der Waals surface area contributed by atoms with Crippen LogP contribution in [0.25, 0.3) is 6.08 Å². The summed E-state index contributed by atoms with van der Waals surface area (Å²) < 4.78 is 10.1. The highest BCUT2D eigenvalue weighted by atomic mass is 16.6. The van der Waals surface area contributed by atoms with Gasteiger partial charge in [-0.2, -0.15) is 0 Å². The number of hydrogen-bond donors (Lipinski definition) is 1. The zero-order chi connectivity index (χ0) is 19.4.